The number of rotatable bonds is 6. The Kier molecular flexibility index (Phi) is 6.25. The van der Waals surface area contributed by atoms with Crippen LogP contribution in [0.15, 0.2) is 54.6 Å². The molecule has 2 amide bonds. The summed E-state index contributed by atoms with van der Waals surface area (Å²) in [5.41, 5.74) is 10.1. The Labute approximate surface area is 180 Å². The molecule has 0 aliphatic rings. The smallest absolute Gasteiger partial charge is 0.340 e. The fraction of sp³-hybridized carbons (Fsp3) is 0.208. The minimum atomic E-state index is -1.01. The zero-order chi connectivity index (χ0) is 22.7. The van der Waals surface area contributed by atoms with E-state index in [0.29, 0.717) is 16.8 Å². The lowest BCUT2D eigenvalue weighted by molar-refractivity contribution is -0.123. The summed E-state index contributed by atoms with van der Waals surface area (Å²) in [4.78, 5) is 36.3. The lowest BCUT2D eigenvalue weighted by atomic mass is 10.2. The van der Waals surface area contributed by atoms with Gasteiger partial charge in [0.1, 0.15) is 0 Å². The minimum absolute atomic E-state index is 0.335. The van der Waals surface area contributed by atoms with Crippen molar-refractivity contribution in [1.29, 1.82) is 0 Å². The number of anilines is 1. The molecule has 0 saturated carbocycles. The van der Waals surface area contributed by atoms with Gasteiger partial charge in [-0.05, 0) is 70.2 Å². The van der Waals surface area contributed by atoms with Crippen LogP contribution in [0.4, 0.5) is 5.69 Å². The Bertz CT molecular complexity index is 1130. The van der Waals surface area contributed by atoms with Gasteiger partial charge in [-0.2, -0.15) is 0 Å². The first kappa shape index (κ1) is 21.8. The molecule has 0 aliphatic heterocycles. The third-order valence-corrected chi connectivity index (χ3v) is 5.03. The zero-order valence-corrected chi connectivity index (χ0v) is 17.9. The van der Waals surface area contributed by atoms with E-state index in [4.69, 9.17) is 10.5 Å². The van der Waals surface area contributed by atoms with Gasteiger partial charge in [0, 0.05) is 28.3 Å². The molecule has 1 aromatic heterocycles. The molecule has 31 heavy (non-hydrogen) atoms. The zero-order valence-electron chi connectivity index (χ0n) is 17.9. The van der Waals surface area contributed by atoms with Gasteiger partial charge in [0.05, 0.1) is 5.56 Å². The molecular weight excluding hydrogens is 394 g/mol. The minimum Gasteiger partial charge on any atom is -0.449 e. The van der Waals surface area contributed by atoms with Crippen molar-refractivity contribution in [2.24, 2.45) is 5.73 Å². The van der Waals surface area contributed by atoms with Gasteiger partial charge in [-0.25, -0.2) is 4.79 Å². The van der Waals surface area contributed by atoms with E-state index in [0.717, 1.165) is 22.6 Å². The van der Waals surface area contributed by atoms with Gasteiger partial charge in [0.15, 0.2) is 6.10 Å². The summed E-state index contributed by atoms with van der Waals surface area (Å²) in [5.74, 6) is -1.60. The van der Waals surface area contributed by atoms with E-state index in [-0.39, 0.29) is 0 Å². The third kappa shape index (κ3) is 4.83. The summed E-state index contributed by atoms with van der Waals surface area (Å²) in [6.45, 7) is 7.27. The van der Waals surface area contributed by atoms with E-state index >= 15 is 0 Å². The number of benzene rings is 2. The van der Waals surface area contributed by atoms with E-state index in [2.05, 4.69) is 5.32 Å². The lowest BCUT2D eigenvalue weighted by Gasteiger charge is -2.14. The number of carbonyl (C=O) groups excluding carboxylic acids is 3. The standard InChI is InChI=1S/C24H25N3O4/c1-14-5-11-20(12-6-14)27-15(2)13-21(16(27)3)24(30)31-17(4)23(29)26-19-9-7-18(8-10-19)22(25)28/h5-13,17H,1-4H3,(H2,25,28)(H,26,29). The van der Waals surface area contributed by atoms with E-state index in [9.17, 15) is 14.4 Å². The van der Waals surface area contributed by atoms with Gasteiger partial charge in [-0.1, -0.05) is 17.7 Å². The number of nitrogens with one attached hydrogen (secondary N) is 1. The fourth-order valence-corrected chi connectivity index (χ4v) is 3.30. The van der Waals surface area contributed by atoms with Gasteiger partial charge in [-0.15, -0.1) is 0 Å². The molecule has 1 unspecified atom stereocenters. The van der Waals surface area contributed by atoms with E-state index in [1.807, 2.05) is 49.6 Å². The topological polar surface area (TPSA) is 103 Å². The predicted molar refractivity (Wildman–Crippen MR) is 118 cm³/mol. The predicted octanol–water partition coefficient (Wildman–Crippen LogP) is 3.69. The number of aromatic nitrogens is 1. The summed E-state index contributed by atoms with van der Waals surface area (Å²) in [7, 11) is 0. The number of aryl methyl sites for hydroxylation is 2. The first-order valence-electron chi connectivity index (χ1n) is 9.85. The molecular formula is C24H25N3O4. The Hall–Kier alpha value is -3.87. The molecule has 0 radical (unpaired) electrons. The van der Waals surface area contributed by atoms with Crippen LogP contribution in [0.3, 0.4) is 0 Å². The molecule has 2 aromatic carbocycles. The number of ether oxygens (including phenoxy) is 1. The van der Waals surface area contributed by atoms with E-state index in [1.165, 1.54) is 19.1 Å². The molecule has 3 N–H and O–H groups in total. The van der Waals surface area contributed by atoms with Crippen molar-refractivity contribution < 1.29 is 19.1 Å². The summed E-state index contributed by atoms with van der Waals surface area (Å²) >= 11 is 0. The number of primary amides is 1. The SMILES string of the molecule is Cc1ccc(-n2c(C)cc(C(=O)OC(C)C(=O)Nc3ccc(C(N)=O)cc3)c2C)cc1. The van der Waals surface area contributed by atoms with Crippen LogP contribution in [-0.4, -0.2) is 28.5 Å². The Morgan fingerprint density at radius 2 is 1.58 bits per heavy atom. The Balaban J connectivity index is 1.70. The average molecular weight is 419 g/mol. The molecule has 7 nitrogen and oxygen atoms in total. The van der Waals surface area contributed by atoms with Crippen molar-refractivity contribution in [1.82, 2.24) is 4.57 Å². The maximum Gasteiger partial charge on any atom is 0.340 e. The second kappa shape index (κ2) is 8.87. The highest BCUT2D eigenvalue weighted by Crippen LogP contribution is 2.22. The van der Waals surface area contributed by atoms with Crippen LogP contribution in [-0.2, 0) is 9.53 Å². The third-order valence-electron chi connectivity index (χ3n) is 5.03. The van der Waals surface area contributed by atoms with Crippen molar-refractivity contribution >= 4 is 23.5 Å². The molecule has 160 valence electrons. The quantitative estimate of drug-likeness (QED) is 0.595. The average Bonchev–Trinajstić information content (AvgIpc) is 3.03. The molecule has 0 bridgehead atoms. The lowest BCUT2D eigenvalue weighted by Crippen LogP contribution is -2.30. The maximum absolute atomic E-state index is 12.7. The number of hydrogen-bond donors (Lipinski definition) is 2. The first-order valence-corrected chi connectivity index (χ1v) is 9.85. The van der Waals surface area contributed by atoms with Crippen LogP contribution in [0.25, 0.3) is 5.69 Å². The van der Waals surface area contributed by atoms with Crippen LogP contribution < -0.4 is 11.1 Å². The van der Waals surface area contributed by atoms with Crippen LogP contribution in [0, 0.1) is 20.8 Å². The van der Waals surface area contributed by atoms with Gasteiger partial charge >= 0.3 is 5.97 Å². The molecule has 0 aliphatic carbocycles. The molecule has 3 rings (SSSR count). The fourth-order valence-electron chi connectivity index (χ4n) is 3.30. The van der Waals surface area contributed by atoms with Crippen LogP contribution >= 0.6 is 0 Å². The van der Waals surface area contributed by atoms with Crippen molar-refractivity contribution in [3.05, 3.63) is 82.7 Å². The Morgan fingerprint density at radius 3 is 2.16 bits per heavy atom. The molecule has 7 heteroatoms. The normalized spacial score (nSPS) is 11.6. The van der Waals surface area contributed by atoms with Gasteiger partial charge < -0.3 is 20.4 Å². The summed E-state index contributed by atoms with van der Waals surface area (Å²) in [5, 5.41) is 2.65. The number of esters is 1. The molecule has 0 saturated heterocycles. The first-order chi connectivity index (χ1) is 14.7. The highest BCUT2D eigenvalue weighted by Gasteiger charge is 2.23. The number of nitrogens with zero attached hydrogens (tertiary/aromatic N) is 1. The molecule has 0 fully saturated rings. The number of hydrogen-bond acceptors (Lipinski definition) is 4. The van der Waals surface area contributed by atoms with E-state index in [1.54, 1.807) is 18.2 Å². The van der Waals surface area contributed by atoms with E-state index < -0.39 is 23.9 Å². The number of nitrogens with two attached hydrogens (primary N) is 1. The molecule has 3 aromatic rings. The second-order valence-corrected chi connectivity index (χ2v) is 7.43. The molecule has 0 spiro atoms. The monoisotopic (exact) mass is 419 g/mol. The Morgan fingerprint density at radius 1 is 0.968 bits per heavy atom. The number of amides is 2. The molecule has 1 heterocycles. The maximum atomic E-state index is 12.7. The molecule has 1 atom stereocenters. The largest absolute Gasteiger partial charge is 0.449 e. The summed E-state index contributed by atoms with van der Waals surface area (Å²) in [6, 6.07) is 15.9. The van der Waals surface area contributed by atoms with Crippen LogP contribution in [0.5, 0.6) is 0 Å². The van der Waals surface area contributed by atoms with Crippen molar-refractivity contribution in [2.75, 3.05) is 5.32 Å². The van der Waals surface area contributed by atoms with Crippen LogP contribution in [0.1, 0.15) is 44.6 Å². The van der Waals surface area contributed by atoms with Gasteiger partial charge in [0.25, 0.3) is 5.91 Å². The van der Waals surface area contributed by atoms with Crippen molar-refractivity contribution in [2.45, 2.75) is 33.8 Å². The van der Waals surface area contributed by atoms with Crippen LogP contribution in [0.2, 0.25) is 0 Å². The van der Waals surface area contributed by atoms with Gasteiger partial charge in [-0.3, -0.25) is 9.59 Å². The summed E-state index contributed by atoms with van der Waals surface area (Å²) < 4.78 is 7.37. The highest BCUT2D eigenvalue weighted by atomic mass is 16.5. The second-order valence-electron chi connectivity index (χ2n) is 7.43. The van der Waals surface area contributed by atoms with Crippen molar-refractivity contribution in [3.8, 4) is 5.69 Å². The summed E-state index contributed by atoms with van der Waals surface area (Å²) in [6.07, 6.45) is -1.01. The van der Waals surface area contributed by atoms with Gasteiger partial charge in [0.2, 0.25) is 5.91 Å². The highest BCUT2D eigenvalue weighted by molar-refractivity contribution is 5.98. The van der Waals surface area contributed by atoms with Crippen molar-refractivity contribution in [3.63, 3.8) is 0 Å². The number of carbonyl (C=O) groups is 3.